The van der Waals surface area contributed by atoms with Crippen LogP contribution in [0.15, 0.2) is 29.3 Å². The summed E-state index contributed by atoms with van der Waals surface area (Å²) in [4.78, 5) is 9.29. The summed E-state index contributed by atoms with van der Waals surface area (Å²) >= 11 is 0. The zero-order valence-corrected chi connectivity index (χ0v) is 16.4. The second-order valence-electron chi connectivity index (χ2n) is 7.67. The van der Waals surface area contributed by atoms with Crippen LogP contribution in [0.3, 0.4) is 0 Å². The lowest BCUT2D eigenvalue weighted by Crippen LogP contribution is -2.56. The fourth-order valence-corrected chi connectivity index (χ4v) is 3.76. The van der Waals surface area contributed by atoms with Gasteiger partial charge in [0.05, 0.1) is 23.7 Å². The highest BCUT2D eigenvalue weighted by Crippen LogP contribution is 2.30. The molecule has 0 saturated carbocycles. The zero-order valence-electron chi connectivity index (χ0n) is 16.4. The Morgan fingerprint density at radius 2 is 2.15 bits per heavy atom. The fourth-order valence-electron chi connectivity index (χ4n) is 3.76. The average Bonchev–Trinajstić information content (AvgIpc) is 3.05. The smallest absolute Gasteiger partial charge is 0.120 e. The Labute approximate surface area is 160 Å². The van der Waals surface area contributed by atoms with Crippen LogP contribution in [-0.2, 0) is 0 Å². The van der Waals surface area contributed by atoms with Crippen molar-refractivity contribution < 1.29 is 4.74 Å². The molecular weight excluding hydrogens is 340 g/mol. The Kier molecular flexibility index (Phi) is 4.88. The minimum atomic E-state index is 0.137. The van der Waals surface area contributed by atoms with Crippen LogP contribution in [0.25, 0.3) is 16.6 Å². The summed E-state index contributed by atoms with van der Waals surface area (Å²) in [6.07, 6.45) is 4.44. The maximum absolute atomic E-state index is 5.86. The lowest BCUT2D eigenvalue weighted by molar-refractivity contribution is 0.111. The number of hydrogen-bond acceptors (Lipinski definition) is 6. The highest BCUT2D eigenvalue weighted by molar-refractivity contribution is 5.92. The summed E-state index contributed by atoms with van der Waals surface area (Å²) in [5.41, 5.74) is 2.76. The molecule has 2 N–H and O–H groups in total. The van der Waals surface area contributed by atoms with Crippen molar-refractivity contribution in [3.8, 4) is 5.75 Å². The van der Waals surface area contributed by atoms with Crippen molar-refractivity contribution in [3.05, 3.63) is 30.0 Å². The molecule has 0 spiro atoms. The fraction of sp³-hybridized carbons (Fsp3) is 0.500. The van der Waals surface area contributed by atoms with Crippen molar-refractivity contribution in [2.24, 2.45) is 4.99 Å². The first-order valence-corrected chi connectivity index (χ1v) is 9.62. The maximum atomic E-state index is 5.86. The third kappa shape index (κ3) is 3.70. The molecule has 1 saturated heterocycles. The second-order valence-corrected chi connectivity index (χ2v) is 7.67. The third-order valence-electron chi connectivity index (χ3n) is 5.03. The quantitative estimate of drug-likeness (QED) is 0.867. The Hall–Kier alpha value is -2.38. The van der Waals surface area contributed by atoms with Crippen LogP contribution in [0.4, 0.5) is 0 Å². The molecule has 0 amide bonds. The molecular formula is C20H28N6O. The van der Waals surface area contributed by atoms with Gasteiger partial charge in [-0.05, 0) is 45.0 Å². The standard InChI is InChI=1S/C20H28N6O/c1-13(2)27-15-5-6-17-16(9-15)20(24-23-17)18-10-19(25(4)12-22-18)26-8-7-21-14(3)11-26/h5-6,9-10,12-14,19,21H,7-8,11H2,1-4H3,(H,23,24)/t14-,19?/m0/s1. The Morgan fingerprint density at radius 1 is 1.30 bits per heavy atom. The minimum absolute atomic E-state index is 0.137. The summed E-state index contributed by atoms with van der Waals surface area (Å²) < 4.78 is 5.86. The van der Waals surface area contributed by atoms with Crippen molar-refractivity contribution in [2.75, 3.05) is 26.7 Å². The van der Waals surface area contributed by atoms with Crippen LogP contribution in [0.1, 0.15) is 26.5 Å². The number of likely N-dealkylation sites (N-methyl/N-ethyl adjacent to an activating group) is 1. The number of benzene rings is 1. The van der Waals surface area contributed by atoms with E-state index in [0.29, 0.717) is 6.04 Å². The predicted octanol–water partition coefficient (Wildman–Crippen LogP) is 2.28. The maximum Gasteiger partial charge on any atom is 0.120 e. The van der Waals surface area contributed by atoms with E-state index in [1.54, 1.807) is 0 Å². The van der Waals surface area contributed by atoms with E-state index in [9.17, 15) is 0 Å². The monoisotopic (exact) mass is 368 g/mol. The van der Waals surface area contributed by atoms with E-state index >= 15 is 0 Å². The number of aliphatic imine (C=N–C) groups is 1. The van der Waals surface area contributed by atoms with Gasteiger partial charge in [-0.15, -0.1) is 0 Å². The molecule has 4 rings (SSSR count). The molecule has 2 aliphatic heterocycles. The number of rotatable bonds is 4. The molecule has 2 atom stereocenters. The van der Waals surface area contributed by atoms with Gasteiger partial charge in [-0.25, -0.2) is 4.99 Å². The van der Waals surface area contributed by atoms with Crippen LogP contribution >= 0.6 is 0 Å². The van der Waals surface area contributed by atoms with E-state index in [1.165, 1.54) is 0 Å². The summed E-state index contributed by atoms with van der Waals surface area (Å²) in [6.45, 7) is 9.33. The van der Waals surface area contributed by atoms with Crippen molar-refractivity contribution in [3.63, 3.8) is 0 Å². The van der Waals surface area contributed by atoms with Gasteiger partial charge in [0.2, 0.25) is 0 Å². The molecule has 7 nitrogen and oxygen atoms in total. The molecule has 3 heterocycles. The Balaban J connectivity index is 1.67. The van der Waals surface area contributed by atoms with Crippen molar-refractivity contribution in [1.82, 2.24) is 25.3 Å². The van der Waals surface area contributed by atoms with E-state index in [1.807, 2.05) is 38.4 Å². The van der Waals surface area contributed by atoms with Crippen LogP contribution < -0.4 is 10.1 Å². The van der Waals surface area contributed by atoms with E-state index in [-0.39, 0.29) is 12.3 Å². The highest BCUT2D eigenvalue weighted by Gasteiger charge is 2.27. The average molecular weight is 368 g/mol. The molecule has 2 aliphatic rings. The second kappa shape index (κ2) is 7.32. The first-order valence-electron chi connectivity index (χ1n) is 9.62. The molecule has 27 heavy (non-hydrogen) atoms. The molecule has 1 aromatic heterocycles. The molecule has 144 valence electrons. The van der Waals surface area contributed by atoms with Crippen LogP contribution in [0, 0.1) is 0 Å². The Bertz CT molecular complexity index is 870. The number of ether oxygens (including phenoxy) is 1. The largest absolute Gasteiger partial charge is 0.491 e. The van der Waals surface area contributed by atoms with E-state index < -0.39 is 0 Å². The number of piperazine rings is 1. The summed E-state index contributed by atoms with van der Waals surface area (Å²) in [5, 5.41) is 12.2. The number of fused-ring (bicyclic) bond motifs is 1. The van der Waals surface area contributed by atoms with Gasteiger partial charge in [0.15, 0.2) is 0 Å². The van der Waals surface area contributed by atoms with Gasteiger partial charge >= 0.3 is 0 Å². The topological polar surface area (TPSA) is 68.8 Å². The number of nitrogens with one attached hydrogen (secondary N) is 2. The molecule has 0 radical (unpaired) electrons. The number of aromatic nitrogens is 2. The van der Waals surface area contributed by atoms with Gasteiger partial charge in [-0.3, -0.25) is 10.00 Å². The van der Waals surface area contributed by atoms with Crippen molar-refractivity contribution in [2.45, 2.75) is 39.1 Å². The van der Waals surface area contributed by atoms with E-state index in [2.05, 4.69) is 50.4 Å². The number of aromatic amines is 1. The van der Waals surface area contributed by atoms with Gasteiger partial charge in [-0.1, -0.05) is 0 Å². The molecule has 7 heteroatoms. The zero-order chi connectivity index (χ0) is 19.0. The van der Waals surface area contributed by atoms with Gasteiger partial charge < -0.3 is 15.0 Å². The Morgan fingerprint density at radius 3 is 2.93 bits per heavy atom. The summed E-state index contributed by atoms with van der Waals surface area (Å²) in [5.74, 6) is 0.852. The van der Waals surface area contributed by atoms with Crippen LogP contribution in [0.2, 0.25) is 0 Å². The van der Waals surface area contributed by atoms with Crippen molar-refractivity contribution in [1.29, 1.82) is 0 Å². The lowest BCUT2D eigenvalue weighted by atomic mass is 10.1. The molecule has 1 aromatic carbocycles. The van der Waals surface area contributed by atoms with Crippen LogP contribution in [-0.4, -0.2) is 71.3 Å². The summed E-state index contributed by atoms with van der Waals surface area (Å²) in [7, 11) is 2.07. The normalized spacial score (nSPS) is 23.9. The SMILES string of the molecule is CC(C)Oc1ccc2[nH]nc(C3=CC(N4CCN[C@@H](C)C4)N(C)C=N3)c2c1. The predicted molar refractivity (Wildman–Crippen MR) is 109 cm³/mol. The molecule has 2 aromatic rings. The molecule has 1 unspecified atom stereocenters. The van der Waals surface area contributed by atoms with Gasteiger partial charge in [-0.2, -0.15) is 5.10 Å². The highest BCUT2D eigenvalue weighted by atomic mass is 16.5. The van der Waals surface area contributed by atoms with E-state index in [4.69, 9.17) is 4.74 Å². The number of hydrogen-bond donors (Lipinski definition) is 2. The van der Waals surface area contributed by atoms with Gasteiger partial charge in [0, 0.05) is 38.1 Å². The molecule has 0 aliphatic carbocycles. The van der Waals surface area contributed by atoms with Gasteiger partial charge in [0.1, 0.15) is 17.6 Å². The van der Waals surface area contributed by atoms with Crippen molar-refractivity contribution >= 4 is 22.9 Å². The first-order chi connectivity index (χ1) is 13.0. The molecule has 1 fully saturated rings. The minimum Gasteiger partial charge on any atom is -0.491 e. The number of nitrogens with zero attached hydrogens (tertiary/aromatic N) is 4. The lowest BCUT2D eigenvalue weighted by Gasteiger charge is -2.41. The first kappa shape index (κ1) is 18.0. The summed E-state index contributed by atoms with van der Waals surface area (Å²) in [6, 6.07) is 6.52. The van der Waals surface area contributed by atoms with E-state index in [0.717, 1.165) is 47.7 Å². The van der Waals surface area contributed by atoms with Crippen LogP contribution in [0.5, 0.6) is 5.75 Å². The van der Waals surface area contributed by atoms with Gasteiger partial charge in [0.25, 0.3) is 0 Å². The number of H-pyrrole nitrogens is 1. The third-order valence-corrected chi connectivity index (χ3v) is 5.03. The molecule has 0 bridgehead atoms.